The number of benzene rings is 3. The highest BCUT2D eigenvalue weighted by Gasteiger charge is 2.45. The first-order valence-electron chi connectivity index (χ1n) is 25.8. The van der Waals surface area contributed by atoms with Gasteiger partial charge in [-0.25, -0.2) is 13.8 Å². The number of piperidine rings is 3. The van der Waals surface area contributed by atoms with Crippen molar-refractivity contribution >= 4 is 93.2 Å². The van der Waals surface area contributed by atoms with Gasteiger partial charge in [-0.1, -0.05) is 11.6 Å². The molecular formula is C53H58ClF2N14O6P. The van der Waals surface area contributed by atoms with Crippen molar-refractivity contribution in [3.8, 4) is 16.9 Å². The van der Waals surface area contributed by atoms with E-state index in [0.717, 1.165) is 74.9 Å². The largest absolute Gasteiger partial charge is 0.492 e. The molecule has 0 spiro atoms. The summed E-state index contributed by atoms with van der Waals surface area (Å²) in [5.74, 6) is -2.94. The number of carbonyl (C=O) groups excluding carboxylic acids is 4. The van der Waals surface area contributed by atoms with Crippen molar-refractivity contribution in [1.29, 1.82) is 0 Å². The molecule has 24 heteroatoms. The Bertz CT molecular complexity index is 3390. The molecule has 4 amide bonds. The van der Waals surface area contributed by atoms with E-state index in [0.29, 0.717) is 77.1 Å². The number of hydrogen-bond donors (Lipinski definition) is 3. The number of amides is 4. The maximum absolute atomic E-state index is 17.2. The van der Waals surface area contributed by atoms with Crippen LogP contribution in [0.4, 0.5) is 43.3 Å². The SMILES string of the molecule is COc1c(Nc2ncc(Cl)c(Nc3ccc4nccnc4c3P(C)(C)=O)n2)cc(-c2cnn(C)c2)c(N2CCC(N3CCN(CC4CCN(c5cc6c(cc5F)C(=O)N(C5CCC(=O)NC5=O)C6=O)CC4)CC3)CC2)c1F. The zero-order valence-corrected chi connectivity index (χ0v) is 44.7. The number of carbonyl (C=O) groups is 4. The summed E-state index contributed by atoms with van der Waals surface area (Å²) in [5.41, 5.74) is 3.92. The molecule has 4 fully saturated rings. The first kappa shape index (κ1) is 51.9. The van der Waals surface area contributed by atoms with Gasteiger partial charge in [0.1, 0.15) is 29.5 Å². The normalized spacial score (nSPS) is 19.3. The van der Waals surface area contributed by atoms with Gasteiger partial charge in [-0.05, 0) is 81.7 Å². The summed E-state index contributed by atoms with van der Waals surface area (Å²) in [6.07, 6.45) is 11.5. The maximum atomic E-state index is 17.2. The first-order valence-corrected chi connectivity index (χ1v) is 28.8. The average molecular weight is 1090 g/mol. The molecule has 77 heavy (non-hydrogen) atoms. The van der Waals surface area contributed by atoms with E-state index in [1.807, 2.05) is 24.2 Å². The van der Waals surface area contributed by atoms with Gasteiger partial charge in [0.05, 0.1) is 64.2 Å². The molecule has 5 aliphatic rings. The van der Waals surface area contributed by atoms with E-state index in [1.165, 1.54) is 19.4 Å². The van der Waals surface area contributed by atoms with Gasteiger partial charge in [-0.15, -0.1) is 0 Å². The van der Waals surface area contributed by atoms with Crippen LogP contribution in [-0.2, 0) is 21.2 Å². The lowest BCUT2D eigenvalue weighted by Gasteiger charge is -2.44. The third kappa shape index (κ3) is 10.2. The van der Waals surface area contributed by atoms with Crippen LogP contribution in [0.25, 0.3) is 22.2 Å². The van der Waals surface area contributed by atoms with E-state index in [1.54, 1.807) is 48.7 Å². The quantitative estimate of drug-likeness (QED) is 0.0842. The first-order chi connectivity index (χ1) is 37.0. The van der Waals surface area contributed by atoms with Crippen molar-refractivity contribution in [3.63, 3.8) is 0 Å². The molecule has 1 unspecified atom stereocenters. The van der Waals surface area contributed by atoms with Crippen molar-refractivity contribution in [1.82, 2.24) is 49.7 Å². The van der Waals surface area contributed by atoms with Crippen LogP contribution in [0.1, 0.15) is 59.2 Å². The number of aryl methyl sites for hydroxylation is 1. The average Bonchev–Trinajstić information content (AvgIpc) is 4.12. The van der Waals surface area contributed by atoms with Gasteiger partial charge in [0.25, 0.3) is 11.8 Å². The number of anilines is 6. The fourth-order valence-corrected chi connectivity index (χ4v) is 13.2. The molecule has 0 aliphatic carbocycles. The third-order valence-electron chi connectivity index (χ3n) is 15.5. The number of ether oxygens (including phenoxy) is 1. The van der Waals surface area contributed by atoms with E-state index in [-0.39, 0.29) is 52.2 Å². The summed E-state index contributed by atoms with van der Waals surface area (Å²) in [5, 5.41) is 13.7. The van der Waals surface area contributed by atoms with Crippen LogP contribution in [0.3, 0.4) is 0 Å². The highest BCUT2D eigenvalue weighted by molar-refractivity contribution is 7.71. The molecule has 3 aromatic carbocycles. The smallest absolute Gasteiger partial charge is 0.262 e. The lowest BCUT2D eigenvalue weighted by molar-refractivity contribution is -0.136. The number of fused-ring (bicyclic) bond motifs is 2. The molecule has 0 radical (unpaired) electrons. The number of nitrogens with one attached hydrogen (secondary N) is 3. The Balaban J connectivity index is 0.715. The van der Waals surface area contributed by atoms with E-state index < -0.39 is 48.4 Å². The fraction of sp³-hybridized carbons (Fsp3) is 0.415. The Morgan fingerprint density at radius 2 is 1.53 bits per heavy atom. The van der Waals surface area contributed by atoms with Gasteiger partial charge in [0.2, 0.25) is 17.8 Å². The Hall–Kier alpha value is -7.13. The fourth-order valence-electron chi connectivity index (χ4n) is 11.6. The van der Waals surface area contributed by atoms with Crippen molar-refractivity contribution in [2.75, 3.05) is 99.8 Å². The molecule has 3 N–H and O–H groups in total. The standard InChI is InChI=1S/C53H58ClF2N14O6P/c1-65-29-31(26-60-65)33-24-40(62-53-59-27-36(54)49(64-53)61-39-6-5-38-45(58-14-13-57-38)48(39)77(3,4)75)47(76-2)44(56)46(33)69-17-11-32(12-18-69)67-21-19-66(20-22-67)28-30-9-15-68(16-10-30)42-25-35-34(23-37(42)55)51(73)70(52(35)74)41-7-8-43(71)63-50(41)72/h5-6,13-14,23-27,29-30,32,41H,7-12,15-22,28H2,1-4H3,(H,63,71,72)(H2,59,61,62,64). The minimum atomic E-state index is -2.90. The highest BCUT2D eigenvalue weighted by atomic mass is 35.5. The Labute approximate surface area is 447 Å². The minimum Gasteiger partial charge on any atom is -0.492 e. The number of imide groups is 2. The molecule has 4 saturated heterocycles. The van der Waals surface area contributed by atoms with Gasteiger partial charge in [0, 0.05) is 108 Å². The summed E-state index contributed by atoms with van der Waals surface area (Å²) < 4.78 is 54.0. The van der Waals surface area contributed by atoms with Crippen LogP contribution < -0.4 is 35.8 Å². The van der Waals surface area contributed by atoms with Crippen LogP contribution in [0.2, 0.25) is 5.02 Å². The molecule has 402 valence electrons. The zero-order valence-electron chi connectivity index (χ0n) is 43.1. The topological polar surface area (TPSA) is 216 Å². The number of hydrogen-bond acceptors (Lipinski definition) is 17. The number of nitrogens with zero attached hydrogens (tertiary/aromatic N) is 11. The van der Waals surface area contributed by atoms with Crippen LogP contribution in [-0.4, -0.2) is 159 Å². The molecular weight excluding hydrogens is 1030 g/mol. The Morgan fingerprint density at radius 1 is 0.818 bits per heavy atom. The molecule has 0 saturated carbocycles. The summed E-state index contributed by atoms with van der Waals surface area (Å²) in [6, 6.07) is 7.13. The van der Waals surface area contributed by atoms with Crippen molar-refractivity contribution < 1.29 is 37.3 Å². The second-order valence-corrected chi connectivity index (χ2v) is 24.3. The van der Waals surface area contributed by atoms with Gasteiger partial charge in [-0.2, -0.15) is 10.1 Å². The Kier molecular flexibility index (Phi) is 14.2. The molecule has 20 nitrogen and oxygen atoms in total. The minimum absolute atomic E-state index is 0.00566. The molecule has 3 aromatic heterocycles. The molecule has 6 aromatic rings. The van der Waals surface area contributed by atoms with Crippen LogP contribution in [0.5, 0.6) is 5.75 Å². The predicted molar refractivity (Wildman–Crippen MR) is 289 cm³/mol. The van der Waals surface area contributed by atoms with Gasteiger partial charge >= 0.3 is 0 Å². The molecule has 1 atom stereocenters. The summed E-state index contributed by atoms with van der Waals surface area (Å²) in [6.45, 7) is 10.3. The summed E-state index contributed by atoms with van der Waals surface area (Å²) >= 11 is 6.64. The van der Waals surface area contributed by atoms with Crippen LogP contribution in [0.15, 0.2) is 61.3 Å². The van der Waals surface area contributed by atoms with Crippen molar-refractivity contribution in [2.24, 2.45) is 13.0 Å². The second kappa shape index (κ2) is 21.0. The molecule has 0 bridgehead atoms. The van der Waals surface area contributed by atoms with Crippen LogP contribution in [0, 0.1) is 17.6 Å². The van der Waals surface area contributed by atoms with E-state index in [2.05, 4.69) is 55.7 Å². The zero-order chi connectivity index (χ0) is 53.9. The number of rotatable bonds is 13. The lowest BCUT2D eigenvalue weighted by Crippen LogP contribution is -2.54. The third-order valence-corrected chi connectivity index (χ3v) is 17.3. The van der Waals surface area contributed by atoms with E-state index in [4.69, 9.17) is 16.3 Å². The highest BCUT2D eigenvalue weighted by Crippen LogP contribution is 2.46. The maximum Gasteiger partial charge on any atom is 0.262 e. The summed E-state index contributed by atoms with van der Waals surface area (Å²) in [4.78, 5) is 78.8. The number of methoxy groups -OCH3 is 1. The lowest BCUT2D eigenvalue weighted by atomic mass is 9.94. The molecule has 8 heterocycles. The van der Waals surface area contributed by atoms with Crippen LogP contribution >= 0.6 is 18.7 Å². The van der Waals surface area contributed by atoms with Gasteiger partial charge in [0.15, 0.2) is 17.4 Å². The Morgan fingerprint density at radius 3 is 2.22 bits per heavy atom. The number of aromatic nitrogens is 6. The summed E-state index contributed by atoms with van der Waals surface area (Å²) in [7, 11) is 0.341. The van der Waals surface area contributed by atoms with E-state index >= 15 is 8.78 Å². The van der Waals surface area contributed by atoms with E-state index in [9.17, 15) is 23.7 Å². The molecule has 5 aliphatic heterocycles. The predicted octanol–water partition coefficient (Wildman–Crippen LogP) is 6.40. The van der Waals surface area contributed by atoms with Crippen molar-refractivity contribution in [3.05, 3.63) is 89.1 Å². The number of piperazine rings is 1. The van der Waals surface area contributed by atoms with Gasteiger partial charge in [-0.3, -0.25) is 48.9 Å². The monoisotopic (exact) mass is 1090 g/mol. The van der Waals surface area contributed by atoms with Crippen molar-refractivity contribution in [2.45, 2.75) is 50.6 Å². The molecule has 11 rings (SSSR count). The second-order valence-electron chi connectivity index (χ2n) is 20.7. The van der Waals surface area contributed by atoms with Gasteiger partial charge < -0.3 is 34.6 Å². The number of halogens is 3.